The Balaban J connectivity index is 1.81. The molecule has 2 aliphatic heterocycles. The van der Waals surface area contributed by atoms with Crippen molar-refractivity contribution in [2.45, 2.75) is 31.6 Å². The summed E-state index contributed by atoms with van der Waals surface area (Å²) in [6, 6.07) is 1.55. The first kappa shape index (κ1) is 13.2. The lowest BCUT2D eigenvalue weighted by Crippen LogP contribution is -2.26. The Morgan fingerprint density at radius 2 is 2.10 bits per heavy atom. The van der Waals surface area contributed by atoms with Crippen LogP contribution in [0.5, 0.6) is 0 Å². The molecule has 110 valence electrons. The Kier molecular flexibility index (Phi) is 3.19. The number of hydrogen-bond donors (Lipinski definition) is 1. The molecular weight excluding hydrogens is 291 g/mol. The van der Waals surface area contributed by atoms with Crippen molar-refractivity contribution >= 4 is 11.6 Å². The summed E-state index contributed by atoms with van der Waals surface area (Å²) in [6.45, 7) is 2.01. The lowest BCUT2D eigenvalue weighted by atomic mass is 9.95. The first-order valence-electron chi connectivity index (χ1n) is 7.36. The van der Waals surface area contributed by atoms with E-state index in [0.717, 1.165) is 61.7 Å². The molecule has 0 radical (unpaired) electrons. The first-order chi connectivity index (χ1) is 10.2. The summed E-state index contributed by atoms with van der Waals surface area (Å²) in [6.07, 6.45) is 4.90. The van der Waals surface area contributed by atoms with Crippen LogP contribution in [0.2, 0.25) is 5.15 Å². The van der Waals surface area contributed by atoms with Crippen molar-refractivity contribution < 1.29 is 4.39 Å². The fourth-order valence-corrected chi connectivity index (χ4v) is 3.68. The molecule has 21 heavy (non-hydrogen) atoms. The quantitative estimate of drug-likeness (QED) is 0.881. The first-order valence-corrected chi connectivity index (χ1v) is 7.74. The Hall–Kier alpha value is -1.46. The van der Waals surface area contributed by atoms with Gasteiger partial charge in [-0.3, -0.25) is 4.57 Å². The number of halogens is 2. The van der Waals surface area contributed by atoms with Gasteiger partial charge in [-0.15, -0.1) is 0 Å². The summed E-state index contributed by atoms with van der Waals surface area (Å²) in [7, 11) is 0. The number of nitrogens with one attached hydrogen (secondary N) is 1. The van der Waals surface area contributed by atoms with E-state index in [4.69, 9.17) is 16.6 Å². The van der Waals surface area contributed by atoms with Crippen LogP contribution in [0.4, 0.5) is 4.39 Å². The molecule has 2 aromatic heterocycles. The van der Waals surface area contributed by atoms with Crippen molar-refractivity contribution in [1.82, 2.24) is 19.9 Å². The second-order valence-electron chi connectivity index (χ2n) is 5.70. The summed E-state index contributed by atoms with van der Waals surface area (Å²) < 4.78 is 15.2. The van der Waals surface area contributed by atoms with Gasteiger partial charge >= 0.3 is 0 Å². The second kappa shape index (κ2) is 5.07. The van der Waals surface area contributed by atoms with E-state index < -0.39 is 0 Å². The maximum atomic E-state index is 13.3. The molecule has 0 bridgehead atoms. The highest BCUT2D eigenvalue weighted by molar-refractivity contribution is 6.30. The van der Waals surface area contributed by atoms with Crippen molar-refractivity contribution in [2.24, 2.45) is 0 Å². The Bertz CT molecular complexity index is 691. The Morgan fingerprint density at radius 3 is 2.90 bits per heavy atom. The lowest BCUT2D eigenvalue weighted by molar-refractivity contribution is 0.454. The third-order valence-corrected chi connectivity index (χ3v) is 4.74. The van der Waals surface area contributed by atoms with Gasteiger partial charge in [0.2, 0.25) is 0 Å². The van der Waals surface area contributed by atoms with Crippen LogP contribution >= 0.6 is 11.6 Å². The van der Waals surface area contributed by atoms with Gasteiger partial charge in [0.05, 0.1) is 11.9 Å². The van der Waals surface area contributed by atoms with Gasteiger partial charge in [-0.2, -0.15) is 0 Å². The summed E-state index contributed by atoms with van der Waals surface area (Å²) in [5.74, 6) is 1.78. The van der Waals surface area contributed by atoms with Crippen LogP contribution in [0.3, 0.4) is 0 Å². The van der Waals surface area contributed by atoms with Crippen molar-refractivity contribution in [3.8, 4) is 5.82 Å². The number of nitrogens with zero attached hydrogens (tertiary/aromatic N) is 3. The maximum absolute atomic E-state index is 13.3. The lowest BCUT2D eigenvalue weighted by Gasteiger charge is -2.21. The molecule has 1 N–H and O–H groups in total. The van der Waals surface area contributed by atoms with Crippen LogP contribution in [0.15, 0.2) is 12.3 Å². The third-order valence-electron chi connectivity index (χ3n) is 4.38. The fourth-order valence-electron chi connectivity index (χ4n) is 3.31. The highest BCUT2D eigenvalue weighted by Crippen LogP contribution is 2.35. The molecule has 0 aliphatic carbocycles. The highest BCUT2D eigenvalue weighted by atomic mass is 35.5. The molecule has 0 aromatic carbocycles. The zero-order chi connectivity index (χ0) is 14.4. The minimum Gasteiger partial charge on any atom is -0.317 e. The molecule has 2 aromatic rings. The molecule has 4 nitrogen and oxygen atoms in total. The van der Waals surface area contributed by atoms with Gasteiger partial charge in [-0.25, -0.2) is 14.4 Å². The second-order valence-corrected chi connectivity index (χ2v) is 6.06. The topological polar surface area (TPSA) is 42.7 Å². The fraction of sp³-hybridized carbons (Fsp3) is 0.467. The van der Waals surface area contributed by atoms with Crippen LogP contribution in [0, 0.1) is 5.82 Å². The molecule has 0 atom stereocenters. The van der Waals surface area contributed by atoms with Crippen LogP contribution < -0.4 is 5.32 Å². The summed E-state index contributed by atoms with van der Waals surface area (Å²) in [5, 5.41) is 4.01. The molecule has 1 fully saturated rings. The van der Waals surface area contributed by atoms with Crippen LogP contribution in [0.1, 0.15) is 35.8 Å². The minimum absolute atomic E-state index is 0.299. The average molecular weight is 307 g/mol. The molecule has 0 unspecified atom stereocenters. The third kappa shape index (κ3) is 2.15. The monoisotopic (exact) mass is 306 g/mol. The molecule has 0 amide bonds. The predicted molar refractivity (Wildman–Crippen MR) is 78.6 cm³/mol. The van der Waals surface area contributed by atoms with Gasteiger partial charge in [0.1, 0.15) is 22.6 Å². The summed E-state index contributed by atoms with van der Waals surface area (Å²) in [5.41, 5.74) is 1.88. The zero-order valence-electron chi connectivity index (χ0n) is 11.6. The van der Waals surface area contributed by atoms with Crippen molar-refractivity contribution in [3.63, 3.8) is 0 Å². The van der Waals surface area contributed by atoms with E-state index in [0.29, 0.717) is 11.1 Å². The molecular formula is C15H16ClFN4. The maximum Gasteiger partial charge on any atom is 0.142 e. The van der Waals surface area contributed by atoms with Gasteiger partial charge in [0, 0.05) is 12.3 Å². The number of pyridine rings is 1. The van der Waals surface area contributed by atoms with Gasteiger partial charge < -0.3 is 5.32 Å². The number of hydrogen-bond acceptors (Lipinski definition) is 3. The number of imidazole rings is 1. The van der Waals surface area contributed by atoms with Crippen molar-refractivity contribution in [2.75, 3.05) is 13.1 Å². The number of rotatable bonds is 1. The summed E-state index contributed by atoms with van der Waals surface area (Å²) in [4.78, 5) is 9.00. The summed E-state index contributed by atoms with van der Waals surface area (Å²) >= 11 is 6.59. The molecule has 4 rings (SSSR count). The molecule has 4 heterocycles. The van der Waals surface area contributed by atoms with Crippen molar-refractivity contribution in [3.05, 3.63) is 40.3 Å². The van der Waals surface area contributed by atoms with E-state index >= 15 is 0 Å². The largest absolute Gasteiger partial charge is 0.317 e. The molecule has 0 spiro atoms. The van der Waals surface area contributed by atoms with Crippen molar-refractivity contribution in [1.29, 1.82) is 0 Å². The van der Waals surface area contributed by atoms with E-state index in [2.05, 4.69) is 10.3 Å². The Morgan fingerprint density at radius 1 is 1.29 bits per heavy atom. The van der Waals surface area contributed by atoms with Crippen LogP contribution in [-0.2, 0) is 12.8 Å². The highest BCUT2D eigenvalue weighted by Gasteiger charge is 2.28. The standard InChI is InChI=1S/C15H16ClFN4/c16-14-13(9-3-5-18-6-4-9)20-12-2-1-10-7-11(17)8-19-15(10)21(12)14/h7-9,18H,1-6H2. The number of aryl methyl sites for hydroxylation is 2. The zero-order valence-corrected chi connectivity index (χ0v) is 12.3. The predicted octanol–water partition coefficient (Wildman–Crippen LogP) is 2.63. The normalized spacial score (nSPS) is 18.4. The van der Waals surface area contributed by atoms with E-state index in [9.17, 15) is 4.39 Å². The molecule has 2 aliphatic rings. The SMILES string of the molecule is Fc1cnc2c(c1)CCc1nc(C3CCNCC3)c(Cl)n1-2. The minimum atomic E-state index is -0.299. The van der Waals surface area contributed by atoms with E-state index in [1.807, 2.05) is 4.57 Å². The smallest absolute Gasteiger partial charge is 0.142 e. The molecule has 6 heteroatoms. The van der Waals surface area contributed by atoms with E-state index in [-0.39, 0.29) is 5.82 Å². The number of piperidine rings is 1. The number of fused-ring (bicyclic) bond motifs is 3. The van der Waals surface area contributed by atoms with E-state index in [1.165, 1.54) is 6.20 Å². The van der Waals surface area contributed by atoms with Gasteiger partial charge in [-0.05, 0) is 44.0 Å². The van der Waals surface area contributed by atoms with Gasteiger partial charge in [0.25, 0.3) is 0 Å². The molecule has 1 saturated heterocycles. The van der Waals surface area contributed by atoms with Gasteiger partial charge in [0.15, 0.2) is 0 Å². The van der Waals surface area contributed by atoms with Gasteiger partial charge in [-0.1, -0.05) is 11.6 Å². The number of aromatic nitrogens is 3. The van der Waals surface area contributed by atoms with Crippen LogP contribution in [-0.4, -0.2) is 27.6 Å². The van der Waals surface area contributed by atoms with Crippen LogP contribution in [0.25, 0.3) is 5.82 Å². The average Bonchev–Trinajstić information content (AvgIpc) is 2.85. The Labute approximate surface area is 127 Å². The van der Waals surface area contributed by atoms with E-state index in [1.54, 1.807) is 6.07 Å². The molecule has 0 saturated carbocycles.